The summed E-state index contributed by atoms with van der Waals surface area (Å²) in [5.41, 5.74) is 1.60. The Morgan fingerprint density at radius 1 is 1.17 bits per heavy atom. The molecule has 3 atom stereocenters. The van der Waals surface area contributed by atoms with Gasteiger partial charge in [0, 0.05) is 68.9 Å². The Labute approximate surface area is 265 Å². The molecule has 11 nitrogen and oxygen atoms in total. The Bertz CT molecular complexity index is 1860. The van der Waals surface area contributed by atoms with Crippen LogP contribution in [0.15, 0.2) is 49.2 Å². The van der Waals surface area contributed by atoms with E-state index < -0.39 is 23.6 Å². The molecule has 3 aromatic heterocycles. The first-order valence-electron chi connectivity index (χ1n) is 15.0. The smallest absolute Gasteiger partial charge is 0.319 e. The van der Waals surface area contributed by atoms with Crippen LogP contribution < -0.4 is 9.64 Å². The highest BCUT2D eigenvalue weighted by atomic mass is 19.1. The van der Waals surface area contributed by atoms with E-state index in [2.05, 4.69) is 31.3 Å². The maximum absolute atomic E-state index is 16.7. The fraction of sp³-hybridized carbons (Fsp3) is 0.394. The van der Waals surface area contributed by atoms with E-state index in [1.807, 2.05) is 37.1 Å². The Morgan fingerprint density at radius 2 is 2.00 bits per heavy atom. The number of benzene rings is 1. The number of aromatic nitrogens is 4. The number of aryl methyl sites for hydroxylation is 1. The van der Waals surface area contributed by atoms with E-state index in [9.17, 15) is 9.18 Å². The molecule has 2 aliphatic heterocycles. The van der Waals surface area contributed by atoms with Gasteiger partial charge in [-0.3, -0.25) is 19.7 Å². The van der Waals surface area contributed by atoms with Gasteiger partial charge in [0.1, 0.15) is 29.7 Å². The van der Waals surface area contributed by atoms with Crippen molar-refractivity contribution in [1.82, 2.24) is 29.7 Å². The molecule has 0 saturated carbocycles. The number of carbonyl (C=O) groups excluding carboxylic acids is 1. The number of rotatable bonds is 8. The molecule has 0 spiro atoms. The number of hydrogen-bond donors (Lipinski definition) is 0. The lowest BCUT2D eigenvalue weighted by Gasteiger charge is -2.39. The van der Waals surface area contributed by atoms with Crippen molar-refractivity contribution in [1.29, 1.82) is 0 Å². The van der Waals surface area contributed by atoms with Crippen LogP contribution >= 0.6 is 0 Å². The number of halogens is 2. The van der Waals surface area contributed by atoms with Crippen molar-refractivity contribution in [2.24, 2.45) is 0 Å². The number of ether oxygens (including phenoxy) is 2. The van der Waals surface area contributed by atoms with Crippen molar-refractivity contribution >= 4 is 33.4 Å². The monoisotopic (exact) mass is 628 g/mol. The average Bonchev–Trinajstić information content (AvgIpc) is 3.42. The largest absolute Gasteiger partial charge is 0.462 e. The second kappa shape index (κ2) is 12.9. The fourth-order valence-electron chi connectivity index (χ4n) is 6.41. The Morgan fingerprint density at radius 3 is 2.74 bits per heavy atom. The van der Waals surface area contributed by atoms with Crippen molar-refractivity contribution < 1.29 is 23.0 Å². The number of carbonyl (C=O) groups is 1. The summed E-state index contributed by atoms with van der Waals surface area (Å²) in [6, 6.07) is 5.18. The molecular formula is C33H34F2N8O3. The van der Waals surface area contributed by atoms with Crippen molar-refractivity contribution in [3.63, 3.8) is 0 Å². The van der Waals surface area contributed by atoms with Gasteiger partial charge in [0.2, 0.25) is 6.54 Å². The fourth-order valence-corrected chi connectivity index (χ4v) is 6.41. The van der Waals surface area contributed by atoms with Crippen molar-refractivity contribution in [3.05, 3.63) is 72.0 Å². The molecule has 46 heavy (non-hydrogen) atoms. The number of hydrogen-bond acceptors (Lipinski definition) is 9. The molecule has 0 unspecified atom stereocenters. The highest BCUT2D eigenvalue weighted by Gasteiger charge is 2.36. The second-order valence-electron chi connectivity index (χ2n) is 11.7. The summed E-state index contributed by atoms with van der Waals surface area (Å²) in [5, 5.41) is 2.03. The van der Waals surface area contributed by atoms with E-state index in [1.165, 1.54) is 11.1 Å². The van der Waals surface area contributed by atoms with Gasteiger partial charge in [-0.1, -0.05) is 24.8 Å². The summed E-state index contributed by atoms with van der Waals surface area (Å²) >= 11 is 0. The molecular weight excluding hydrogens is 594 g/mol. The van der Waals surface area contributed by atoms with E-state index in [0.717, 1.165) is 29.3 Å². The maximum atomic E-state index is 16.7. The van der Waals surface area contributed by atoms with Crippen LogP contribution in [0.5, 0.6) is 6.01 Å². The third-order valence-electron chi connectivity index (χ3n) is 8.86. The van der Waals surface area contributed by atoms with E-state index in [1.54, 1.807) is 19.5 Å². The summed E-state index contributed by atoms with van der Waals surface area (Å²) < 4.78 is 42.2. The molecule has 5 heterocycles. The minimum Gasteiger partial charge on any atom is -0.462 e. The van der Waals surface area contributed by atoms with Gasteiger partial charge in [-0.25, -0.2) is 15.4 Å². The summed E-state index contributed by atoms with van der Waals surface area (Å²) in [6.07, 6.45) is 5.69. The summed E-state index contributed by atoms with van der Waals surface area (Å²) in [6.45, 7) is 14.0. The molecule has 4 aromatic rings. The topological polar surface area (TPSA) is 101 Å². The van der Waals surface area contributed by atoms with Gasteiger partial charge < -0.3 is 24.1 Å². The van der Waals surface area contributed by atoms with Crippen LogP contribution in [-0.2, 0) is 9.53 Å². The lowest BCUT2D eigenvalue weighted by molar-refractivity contribution is -0.131. The molecule has 0 radical (unpaired) electrons. The van der Waals surface area contributed by atoms with Crippen LogP contribution in [0, 0.1) is 19.3 Å². The zero-order valence-electron chi connectivity index (χ0n) is 25.9. The lowest BCUT2D eigenvalue weighted by Crippen LogP contribution is -2.56. The maximum Gasteiger partial charge on any atom is 0.319 e. The average molecular weight is 629 g/mol. The van der Waals surface area contributed by atoms with Gasteiger partial charge in [0.25, 0.3) is 5.91 Å². The first kappa shape index (κ1) is 31.2. The van der Waals surface area contributed by atoms with Gasteiger partial charge in [0.15, 0.2) is 11.6 Å². The number of methoxy groups -OCH3 is 1. The number of likely N-dealkylation sites (N-methyl/N-ethyl adjacent to an activating group) is 1. The van der Waals surface area contributed by atoms with E-state index in [0.29, 0.717) is 16.8 Å². The quantitative estimate of drug-likeness (QED) is 0.210. The number of pyridine rings is 2. The third-order valence-corrected chi connectivity index (χ3v) is 8.86. The minimum atomic E-state index is -1.09. The SMILES string of the molecule is [C-]#[N+]C[C@H]1CN(c2nc(OC[C@@H]3C[C@@H](OC)CN3C)nc3c(F)c(-c4cncc5cccc(C)c45)ncc23)CCN1C(=O)C(=C)F. The van der Waals surface area contributed by atoms with E-state index in [-0.39, 0.29) is 62.2 Å². The zero-order chi connectivity index (χ0) is 32.5. The van der Waals surface area contributed by atoms with E-state index >= 15 is 4.39 Å². The number of amides is 1. The first-order valence-corrected chi connectivity index (χ1v) is 15.0. The predicted octanol–water partition coefficient (Wildman–Crippen LogP) is 4.21. The minimum absolute atomic E-state index is 0.0162. The van der Waals surface area contributed by atoms with Gasteiger partial charge >= 0.3 is 6.01 Å². The molecule has 0 bridgehead atoms. The van der Waals surface area contributed by atoms with Gasteiger partial charge in [0.05, 0.1) is 11.5 Å². The van der Waals surface area contributed by atoms with Crippen LogP contribution in [0.4, 0.5) is 14.6 Å². The number of anilines is 1. The summed E-state index contributed by atoms with van der Waals surface area (Å²) in [5.74, 6) is -2.24. The molecule has 0 N–H and O–H groups in total. The highest BCUT2D eigenvalue weighted by Crippen LogP contribution is 2.36. The van der Waals surface area contributed by atoms with Crippen LogP contribution in [0.2, 0.25) is 0 Å². The molecule has 1 amide bonds. The Kier molecular flexibility index (Phi) is 8.75. The summed E-state index contributed by atoms with van der Waals surface area (Å²) in [4.78, 5) is 39.4. The van der Waals surface area contributed by atoms with Crippen molar-refractivity contribution in [3.8, 4) is 17.3 Å². The van der Waals surface area contributed by atoms with Crippen molar-refractivity contribution in [2.75, 3.05) is 58.4 Å². The molecule has 2 aliphatic rings. The molecule has 6 rings (SSSR count). The van der Waals surface area contributed by atoms with Crippen LogP contribution in [0.3, 0.4) is 0 Å². The molecule has 13 heteroatoms. The van der Waals surface area contributed by atoms with Gasteiger partial charge in [-0.2, -0.15) is 9.97 Å². The molecule has 238 valence electrons. The standard InChI is InChI=1S/C33H34F2N8O3/c1-19-7-6-8-21-12-37-14-25(27(19)21)29-28(35)30-26(15-38-29)31(40-33(39-30)46-18-22-11-24(45-5)17-41(22)4)42-9-10-43(32(44)20(2)34)23(16-42)13-36-3/h6-8,12,14-15,22-24H,2,9-11,13,16-18H2,1,4-5H3/t22-,23-,24+/m0/s1. The normalized spacial score (nSPS) is 20.3. The van der Waals surface area contributed by atoms with E-state index in [4.69, 9.17) is 21.0 Å². The molecule has 1 aromatic carbocycles. The predicted molar refractivity (Wildman–Crippen MR) is 170 cm³/mol. The molecule has 2 saturated heterocycles. The zero-order valence-corrected chi connectivity index (χ0v) is 25.9. The number of nitrogens with zero attached hydrogens (tertiary/aromatic N) is 8. The number of likely N-dealkylation sites (tertiary alicyclic amines) is 1. The Hall–Kier alpha value is -4.80. The highest BCUT2D eigenvalue weighted by molar-refractivity contribution is 6.00. The second-order valence-corrected chi connectivity index (χ2v) is 11.7. The Balaban J connectivity index is 1.44. The molecule has 0 aliphatic carbocycles. The van der Waals surface area contributed by atoms with Gasteiger partial charge in [-0.15, -0.1) is 0 Å². The summed E-state index contributed by atoms with van der Waals surface area (Å²) in [7, 11) is 3.67. The first-order chi connectivity index (χ1) is 22.2. The number of piperazine rings is 1. The lowest BCUT2D eigenvalue weighted by atomic mass is 10.00. The van der Waals surface area contributed by atoms with Crippen molar-refractivity contribution in [2.45, 2.75) is 31.5 Å². The number of fused-ring (bicyclic) bond motifs is 2. The van der Waals surface area contributed by atoms with Crippen LogP contribution in [0.25, 0.3) is 37.8 Å². The molecule has 2 fully saturated rings. The van der Waals surface area contributed by atoms with Gasteiger partial charge in [-0.05, 0) is 31.3 Å². The van der Waals surface area contributed by atoms with Crippen LogP contribution in [-0.4, -0.2) is 107 Å². The van der Waals surface area contributed by atoms with Crippen LogP contribution in [0.1, 0.15) is 12.0 Å². The third kappa shape index (κ3) is 5.81.